The Labute approximate surface area is 97.8 Å². The van der Waals surface area contributed by atoms with Crippen molar-refractivity contribution in [2.45, 2.75) is 19.9 Å². The molecule has 1 amide bonds. The van der Waals surface area contributed by atoms with E-state index in [4.69, 9.17) is 4.74 Å². The predicted octanol–water partition coefficient (Wildman–Crippen LogP) is 0.511. The Morgan fingerprint density at radius 2 is 2.33 bits per heavy atom. The molecule has 0 aliphatic carbocycles. The maximum atomic E-state index is 11.9. The number of hydrogen-bond acceptors (Lipinski definition) is 3. The fourth-order valence-electron chi connectivity index (χ4n) is 1.73. The Balaban J connectivity index is 0.00000196. The van der Waals surface area contributed by atoms with Crippen LogP contribution in [0.3, 0.4) is 0 Å². The average molecular weight is 237 g/mol. The quantitative estimate of drug-likeness (QED) is 0.777. The molecule has 1 aliphatic rings. The zero-order valence-electron chi connectivity index (χ0n) is 9.66. The number of nitrogens with one attached hydrogen (secondary N) is 1. The summed E-state index contributed by atoms with van der Waals surface area (Å²) in [6.07, 6.45) is 0. The SMILES string of the molecule is CNCC(C)C(=O)N1CCOCC1C.Cl. The molecule has 90 valence electrons. The second-order valence-electron chi connectivity index (χ2n) is 3.91. The van der Waals surface area contributed by atoms with Crippen LogP contribution in [-0.4, -0.2) is 50.2 Å². The van der Waals surface area contributed by atoms with Gasteiger partial charge in [0.2, 0.25) is 5.91 Å². The van der Waals surface area contributed by atoms with E-state index in [-0.39, 0.29) is 30.3 Å². The molecule has 0 radical (unpaired) electrons. The molecule has 1 fully saturated rings. The number of nitrogens with zero attached hydrogens (tertiary/aromatic N) is 1. The lowest BCUT2D eigenvalue weighted by Crippen LogP contribution is -2.50. The summed E-state index contributed by atoms with van der Waals surface area (Å²) in [5.74, 6) is 0.288. The van der Waals surface area contributed by atoms with Crippen LogP contribution in [-0.2, 0) is 9.53 Å². The molecule has 4 nitrogen and oxygen atoms in total. The van der Waals surface area contributed by atoms with Gasteiger partial charge in [-0.2, -0.15) is 0 Å². The number of ether oxygens (including phenoxy) is 1. The van der Waals surface area contributed by atoms with Crippen LogP contribution >= 0.6 is 12.4 Å². The van der Waals surface area contributed by atoms with Crippen LogP contribution in [0, 0.1) is 5.92 Å². The molecule has 1 N–H and O–H groups in total. The summed E-state index contributed by atoms with van der Waals surface area (Å²) in [6, 6.07) is 0.218. The van der Waals surface area contributed by atoms with E-state index in [1.54, 1.807) is 0 Å². The molecule has 1 heterocycles. The van der Waals surface area contributed by atoms with Gasteiger partial charge in [-0.1, -0.05) is 6.92 Å². The second kappa shape index (κ2) is 7.04. The first-order chi connectivity index (χ1) is 6.66. The highest BCUT2D eigenvalue weighted by atomic mass is 35.5. The van der Waals surface area contributed by atoms with Gasteiger partial charge in [0.15, 0.2) is 0 Å². The molecule has 1 saturated heterocycles. The Morgan fingerprint density at radius 3 is 2.87 bits per heavy atom. The molecule has 15 heavy (non-hydrogen) atoms. The van der Waals surface area contributed by atoms with E-state index in [0.717, 1.165) is 13.1 Å². The van der Waals surface area contributed by atoms with Crippen molar-refractivity contribution in [3.8, 4) is 0 Å². The van der Waals surface area contributed by atoms with Crippen LogP contribution in [0.25, 0.3) is 0 Å². The van der Waals surface area contributed by atoms with Gasteiger partial charge in [-0.15, -0.1) is 12.4 Å². The third kappa shape index (κ3) is 3.97. The summed E-state index contributed by atoms with van der Waals surface area (Å²) >= 11 is 0. The number of morpholine rings is 1. The summed E-state index contributed by atoms with van der Waals surface area (Å²) < 4.78 is 5.29. The van der Waals surface area contributed by atoms with Crippen molar-refractivity contribution < 1.29 is 9.53 Å². The number of hydrogen-bond donors (Lipinski definition) is 1. The van der Waals surface area contributed by atoms with Crippen molar-refractivity contribution in [1.29, 1.82) is 0 Å². The molecule has 2 unspecified atom stereocenters. The number of carbonyl (C=O) groups excluding carboxylic acids is 1. The third-order valence-corrected chi connectivity index (χ3v) is 2.58. The molecule has 0 saturated carbocycles. The highest BCUT2D eigenvalue weighted by Crippen LogP contribution is 2.10. The number of halogens is 1. The molecule has 0 aromatic rings. The van der Waals surface area contributed by atoms with Crippen LogP contribution in [0.4, 0.5) is 0 Å². The van der Waals surface area contributed by atoms with Crippen LogP contribution in [0.15, 0.2) is 0 Å². The molecule has 5 heteroatoms. The van der Waals surface area contributed by atoms with Gasteiger partial charge in [0.1, 0.15) is 0 Å². The zero-order valence-corrected chi connectivity index (χ0v) is 10.5. The van der Waals surface area contributed by atoms with Crippen molar-refractivity contribution >= 4 is 18.3 Å². The van der Waals surface area contributed by atoms with Gasteiger partial charge in [0, 0.05) is 19.0 Å². The molecular formula is C10H21ClN2O2. The van der Waals surface area contributed by atoms with E-state index in [1.807, 2.05) is 25.8 Å². The van der Waals surface area contributed by atoms with Gasteiger partial charge in [-0.3, -0.25) is 4.79 Å². The smallest absolute Gasteiger partial charge is 0.227 e. The van der Waals surface area contributed by atoms with E-state index in [9.17, 15) is 4.79 Å². The van der Waals surface area contributed by atoms with Gasteiger partial charge in [-0.05, 0) is 14.0 Å². The predicted molar refractivity (Wildman–Crippen MR) is 62.3 cm³/mol. The first kappa shape index (κ1) is 14.7. The first-order valence-electron chi connectivity index (χ1n) is 5.19. The van der Waals surface area contributed by atoms with E-state index >= 15 is 0 Å². The lowest BCUT2D eigenvalue weighted by Gasteiger charge is -2.35. The van der Waals surface area contributed by atoms with Crippen LogP contribution in [0.5, 0.6) is 0 Å². The Kier molecular flexibility index (Phi) is 6.89. The molecule has 0 bridgehead atoms. The molecule has 0 spiro atoms. The molecule has 2 atom stereocenters. The molecular weight excluding hydrogens is 216 g/mol. The van der Waals surface area contributed by atoms with E-state index in [1.165, 1.54) is 0 Å². The zero-order chi connectivity index (χ0) is 10.6. The number of carbonyl (C=O) groups is 1. The van der Waals surface area contributed by atoms with Crippen molar-refractivity contribution in [2.24, 2.45) is 5.92 Å². The normalized spacial score (nSPS) is 23.1. The standard InChI is InChI=1S/C10H20N2O2.ClH/c1-8(6-11-3)10(13)12-4-5-14-7-9(12)2;/h8-9,11H,4-7H2,1-3H3;1H. The van der Waals surface area contributed by atoms with Gasteiger partial charge >= 0.3 is 0 Å². The van der Waals surface area contributed by atoms with Crippen LogP contribution in [0.1, 0.15) is 13.8 Å². The molecule has 0 aromatic carbocycles. The number of amides is 1. The molecule has 1 rings (SSSR count). The lowest BCUT2D eigenvalue weighted by molar-refractivity contribution is -0.142. The minimum Gasteiger partial charge on any atom is -0.377 e. The van der Waals surface area contributed by atoms with E-state index < -0.39 is 0 Å². The fourth-order valence-corrected chi connectivity index (χ4v) is 1.73. The topological polar surface area (TPSA) is 41.6 Å². The maximum absolute atomic E-state index is 11.9. The first-order valence-corrected chi connectivity index (χ1v) is 5.19. The largest absolute Gasteiger partial charge is 0.377 e. The van der Waals surface area contributed by atoms with Gasteiger partial charge < -0.3 is 15.0 Å². The fraction of sp³-hybridized carbons (Fsp3) is 0.900. The highest BCUT2D eigenvalue weighted by molar-refractivity contribution is 5.85. The van der Waals surface area contributed by atoms with Crippen LogP contribution < -0.4 is 5.32 Å². The van der Waals surface area contributed by atoms with Gasteiger partial charge in [0.05, 0.1) is 19.3 Å². The summed E-state index contributed by atoms with van der Waals surface area (Å²) in [6.45, 7) is 6.79. The Hall–Kier alpha value is -0.320. The van der Waals surface area contributed by atoms with Crippen molar-refractivity contribution in [3.63, 3.8) is 0 Å². The van der Waals surface area contributed by atoms with Crippen molar-refractivity contribution in [3.05, 3.63) is 0 Å². The highest BCUT2D eigenvalue weighted by Gasteiger charge is 2.26. The van der Waals surface area contributed by atoms with E-state index in [2.05, 4.69) is 5.32 Å². The maximum Gasteiger partial charge on any atom is 0.227 e. The summed E-state index contributed by atoms with van der Waals surface area (Å²) in [4.78, 5) is 13.9. The van der Waals surface area contributed by atoms with Crippen molar-refractivity contribution in [1.82, 2.24) is 10.2 Å². The Morgan fingerprint density at radius 1 is 1.67 bits per heavy atom. The number of rotatable bonds is 3. The molecule has 1 aliphatic heterocycles. The van der Waals surface area contributed by atoms with Gasteiger partial charge in [-0.25, -0.2) is 0 Å². The summed E-state index contributed by atoms with van der Waals surface area (Å²) in [7, 11) is 1.87. The minimum absolute atomic E-state index is 0. The van der Waals surface area contributed by atoms with Gasteiger partial charge in [0.25, 0.3) is 0 Å². The summed E-state index contributed by atoms with van der Waals surface area (Å²) in [5.41, 5.74) is 0. The average Bonchev–Trinajstić information content (AvgIpc) is 2.18. The lowest BCUT2D eigenvalue weighted by atomic mass is 10.1. The second-order valence-corrected chi connectivity index (χ2v) is 3.91. The van der Waals surface area contributed by atoms with Crippen molar-refractivity contribution in [2.75, 3.05) is 33.4 Å². The third-order valence-electron chi connectivity index (χ3n) is 2.58. The molecule has 0 aromatic heterocycles. The van der Waals surface area contributed by atoms with Crippen LogP contribution in [0.2, 0.25) is 0 Å². The van der Waals surface area contributed by atoms with E-state index in [0.29, 0.717) is 13.2 Å². The minimum atomic E-state index is 0. The Bertz CT molecular complexity index is 202. The summed E-state index contributed by atoms with van der Waals surface area (Å²) in [5, 5.41) is 3.02. The monoisotopic (exact) mass is 236 g/mol.